The molecule has 0 aromatic carbocycles. The Morgan fingerprint density at radius 3 is 2.27 bits per heavy atom. The van der Waals surface area contributed by atoms with E-state index in [1.807, 2.05) is 4.90 Å². The first kappa shape index (κ1) is 18.5. The summed E-state index contributed by atoms with van der Waals surface area (Å²) in [7, 11) is 0. The molecule has 0 aliphatic carbocycles. The number of halogens is 7. The Balaban J connectivity index is 2.17. The maximum atomic E-state index is 12.9. The molecule has 2 heterocycles. The molecule has 2 aliphatic heterocycles. The highest BCUT2D eigenvalue weighted by atomic mass is 127. The number of alkyl halides is 6. The molecule has 2 fully saturated rings. The molecule has 0 radical (unpaired) electrons. The molecule has 0 amide bonds. The summed E-state index contributed by atoms with van der Waals surface area (Å²) in [6, 6.07) is 0. The fourth-order valence-electron chi connectivity index (χ4n) is 3.28. The summed E-state index contributed by atoms with van der Waals surface area (Å²) in [5.41, 5.74) is -4.67. The SMILES string of the molecule is CC(O[C@@H]1CN2CCC[C@]2(COI)C1)(C(F)(F)F)C(F)(F)F. The molecular weight excluding hydrogens is 431 g/mol. The zero-order valence-corrected chi connectivity index (χ0v) is 13.9. The van der Waals surface area contributed by atoms with Crippen LogP contribution >= 0.6 is 23.0 Å². The van der Waals surface area contributed by atoms with Crippen LogP contribution in [0.1, 0.15) is 26.2 Å². The predicted molar refractivity (Wildman–Crippen MR) is 73.5 cm³/mol. The number of hydrogen-bond acceptors (Lipinski definition) is 3. The van der Waals surface area contributed by atoms with Crippen molar-refractivity contribution in [2.75, 3.05) is 19.7 Å². The van der Waals surface area contributed by atoms with Crippen molar-refractivity contribution in [2.45, 2.75) is 55.8 Å². The van der Waals surface area contributed by atoms with Crippen molar-refractivity contribution in [2.24, 2.45) is 0 Å². The van der Waals surface area contributed by atoms with Crippen LogP contribution in [0.3, 0.4) is 0 Å². The Kier molecular flexibility index (Phi) is 4.99. The normalized spacial score (nSPS) is 30.8. The Morgan fingerprint density at radius 2 is 1.77 bits per heavy atom. The molecule has 0 saturated carbocycles. The van der Waals surface area contributed by atoms with Crippen LogP contribution in [-0.4, -0.2) is 54.2 Å². The van der Waals surface area contributed by atoms with Crippen LogP contribution in [0.4, 0.5) is 26.3 Å². The quantitative estimate of drug-likeness (QED) is 0.483. The number of ether oxygens (including phenoxy) is 1. The van der Waals surface area contributed by atoms with Crippen LogP contribution in [0.15, 0.2) is 0 Å². The van der Waals surface area contributed by atoms with Gasteiger partial charge in [0.1, 0.15) is 23.0 Å². The first-order valence-corrected chi connectivity index (χ1v) is 7.63. The van der Waals surface area contributed by atoms with Crippen molar-refractivity contribution >= 4 is 23.0 Å². The fourth-order valence-corrected chi connectivity index (χ4v) is 3.85. The van der Waals surface area contributed by atoms with Crippen molar-refractivity contribution in [3.05, 3.63) is 0 Å². The van der Waals surface area contributed by atoms with Crippen LogP contribution in [0.25, 0.3) is 0 Å². The summed E-state index contributed by atoms with van der Waals surface area (Å²) >= 11 is 1.68. The van der Waals surface area contributed by atoms with Gasteiger partial charge in [-0.15, -0.1) is 0 Å². The molecule has 0 N–H and O–H groups in total. The van der Waals surface area contributed by atoms with E-state index in [2.05, 4.69) is 4.74 Å². The third-order valence-corrected chi connectivity index (χ3v) is 4.89. The predicted octanol–water partition coefficient (Wildman–Crippen LogP) is 3.86. The first-order valence-electron chi connectivity index (χ1n) is 6.75. The largest absolute Gasteiger partial charge is 0.426 e. The average molecular weight is 447 g/mol. The van der Waals surface area contributed by atoms with Gasteiger partial charge in [0, 0.05) is 12.1 Å². The van der Waals surface area contributed by atoms with E-state index < -0.39 is 29.6 Å². The second-order valence-corrected chi connectivity index (χ2v) is 6.62. The van der Waals surface area contributed by atoms with Gasteiger partial charge in [-0.25, -0.2) is 0 Å². The molecule has 0 aromatic rings. The van der Waals surface area contributed by atoms with Gasteiger partial charge in [0.25, 0.3) is 5.60 Å². The molecule has 0 spiro atoms. The Bertz CT molecular complexity index is 401. The summed E-state index contributed by atoms with van der Waals surface area (Å²) in [5, 5.41) is 0. The summed E-state index contributed by atoms with van der Waals surface area (Å²) in [4.78, 5) is 1.88. The summed E-state index contributed by atoms with van der Waals surface area (Å²) in [6.07, 6.45) is -10.5. The molecule has 0 bridgehead atoms. The second kappa shape index (κ2) is 5.92. The topological polar surface area (TPSA) is 21.7 Å². The Labute approximate surface area is 138 Å². The van der Waals surface area contributed by atoms with Crippen LogP contribution in [0, 0.1) is 0 Å². The highest BCUT2D eigenvalue weighted by Crippen LogP contribution is 2.49. The van der Waals surface area contributed by atoms with Gasteiger partial charge in [0.2, 0.25) is 0 Å². The number of rotatable bonds is 4. The smallest absolute Gasteiger partial charge is 0.353 e. The minimum atomic E-state index is -5.52. The van der Waals surface area contributed by atoms with Gasteiger partial charge in [0.05, 0.1) is 12.7 Å². The van der Waals surface area contributed by atoms with Crippen LogP contribution in [-0.2, 0) is 7.80 Å². The maximum absolute atomic E-state index is 12.9. The van der Waals surface area contributed by atoms with E-state index >= 15 is 0 Å². The van der Waals surface area contributed by atoms with E-state index in [4.69, 9.17) is 3.07 Å². The molecular formula is C12H16F6INO2. The standard InChI is InChI=1S/C12H16F6INO2/c1-9(11(13,14)15,12(16,17)18)22-8-5-10(7-21-19)3-2-4-20(10)6-8/h8H,2-7H2,1H3/t8-,10+/m0/s1. The van der Waals surface area contributed by atoms with Gasteiger partial charge in [-0.1, -0.05) is 0 Å². The monoisotopic (exact) mass is 447 g/mol. The zero-order chi connectivity index (χ0) is 16.8. The molecule has 22 heavy (non-hydrogen) atoms. The summed E-state index contributed by atoms with van der Waals surface area (Å²) in [6.45, 7) is 1.01. The van der Waals surface area contributed by atoms with Gasteiger partial charge in [-0.2, -0.15) is 26.3 Å². The molecule has 2 atom stereocenters. The first-order chi connectivity index (χ1) is 9.95. The van der Waals surface area contributed by atoms with Crippen LogP contribution in [0.2, 0.25) is 0 Å². The summed E-state index contributed by atoms with van der Waals surface area (Å²) in [5.74, 6) is 0. The lowest BCUT2D eigenvalue weighted by Crippen LogP contribution is -2.58. The molecule has 2 aliphatic rings. The third-order valence-electron chi connectivity index (χ3n) is 4.58. The van der Waals surface area contributed by atoms with E-state index in [1.165, 1.54) is 0 Å². The molecule has 3 nitrogen and oxygen atoms in total. The van der Waals surface area contributed by atoms with E-state index in [1.54, 1.807) is 23.0 Å². The van der Waals surface area contributed by atoms with Gasteiger partial charge < -0.3 is 7.80 Å². The fraction of sp³-hybridized carbons (Fsp3) is 1.00. The zero-order valence-electron chi connectivity index (χ0n) is 11.7. The third kappa shape index (κ3) is 3.07. The van der Waals surface area contributed by atoms with E-state index in [-0.39, 0.29) is 26.5 Å². The molecule has 10 heteroatoms. The summed E-state index contributed by atoms with van der Waals surface area (Å²) < 4.78 is 87.1. The van der Waals surface area contributed by atoms with Crippen LogP contribution < -0.4 is 0 Å². The van der Waals surface area contributed by atoms with Crippen molar-refractivity contribution < 1.29 is 34.1 Å². The van der Waals surface area contributed by atoms with E-state index in [0.29, 0.717) is 13.0 Å². The van der Waals surface area contributed by atoms with Crippen molar-refractivity contribution in [1.82, 2.24) is 4.90 Å². The molecule has 2 saturated heterocycles. The molecule has 130 valence electrons. The lowest BCUT2D eigenvalue weighted by Gasteiger charge is -2.36. The van der Waals surface area contributed by atoms with Crippen molar-refractivity contribution in [3.8, 4) is 0 Å². The van der Waals surface area contributed by atoms with E-state index in [9.17, 15) is 26.3 Å². The maximum Gasteiger partial charge on any atom is 0.426 e. The number of fused-ring (bicyclic) bond motifs is 1. The highest BCUT2D eigenvalue weighted by molar-refractivity contribution is 14.1. The lowest BCUT2D eigenvalue weighted by atomic mass is 9.94. The average Bonchev–Trinajstić information content (AvgIpc) is 2.82. The van der Waals surface area contributed by atoms with Gasteiger partial charge in [-0.05, 0) is 32.7 Å². The van der Waals surface area contributed by atoms with Crippen molar-refractivity contribution in [1.29, 1.82) is 0 Å². The van der Waals surface area contributed by atoms with Crippen molar-refractivity contribution in [3.63, 3.8) is 0 Å². The van der Waals surface area contributed by atoms with Gasteiger partial charge in [-0.3, -0.25) is 4.90 Å². The van der Waals surface area contributed by atoms with E-state index in [0.717, 1.165) is 6.42 Å². The minimum absolute atomic E-state index is 0.0535. The molecule has 0 aromatic heterocycles. The molecule has 0 unspecified atom stereocenters. The number of nitrogens with zero attached hydrogens (tertiary/aromatic N) is 1. The highest BCUT2D eigenvalue weighted by Gasteiger charge is 2.70. The Hall–Kier alpha value is 0.190. The molecule has 2 rings (SSSR count). The Morgan fingerprint density at radius 1 is 1.18 bits per heavy atom. The van der Waals surface area contributed by atoms with Gasteiger partial charge >= 0.3 is 12.4 Å². The minimum Gasteiger partial charge on any atom is -0.353 e. The lowest BCUT2D eigenvalue weighted by molar-refractivity contribution is -0.382. The van der Waals surface area contributed by atoms with Gasteiger partial charge in [0.15, 0.2) is 0 Å². The number of hydrogen-bond donors (Lipinski definition) is 0. The second-order valence-electron chi connectivity index (χ2n) is 6.00. The van der Waals surface area contributed by atoms with Crippen LogP contribution in [0.5, 0.6) is 0 Å².